The zero-order valence-corrected chi connectivity index (χ0v) is 14.1. The summed E-state index contributed by atoms with van der Waals surface area (Å²) in [7, 11) is 0. The summed E-state index contributed by atoms with van der Waals surface area (Å²) in [5, 5.41) is 13.5. The zero-order valence-electron chi connectivity index (χ0n) is 10.9. The van der Waals surface area contributed by atoms with E-state index in [1.54, 1.807) is 12.1 Å². The number of benzene rings is 2. The van der Waals surface area contributed by atoms with Gasteiger partial charge in [0.1, 0.15) is 0 Å². The summed E-state index contributed by atoms with van der Waals surface area (Å²) in [4.78, 5) is 22.6. The quantitative estimate of drug-likeness (QED) is 0.586. The van der Waals surface area contributed by atoms with Crippen LogP contribution < -0.4 is 5.32 Å². The minimum absolute atomic E-state index is 0.101. The number of aryl methyl sites for hydroxylation is 1. The Morgan fingerprint density at radius 2 is 1.86 bits per heavy atom. The van der Waals surface area contributed by atoms with Crippen LogP contribution in [-0.2, 0) is 0 Å². The van der Waals surface area contributed by atoms with Gasteiger partial charge in [-0.1, -0.05) is 6.07 Å². The Balaban J connectivity index is 2.27. The first-order valence-corrected chi connectivity index (χ1v) is 7.48. The van der Waals surface area contributed by atoms with E-state index in [1.807, 2.05) is 19.1 Å². The number of nitro groups is 1. The van der Waals surface area contributed by atoms with Crippen LogP contribution in [0.2, 0.25) is 0 Å². The van der Waals surface area contributed by atoms with E-state index in [-0.39, 0.29) is 11.6 Å². The lowest BCUT2D eigenvalue weighted by atomic mass is 10.1. The Morgan fingerprint density at radius 1 is 1.14 bits per heavy atom. The first kappa shape index (κ1) is 15.7. The maximum atomic E-state index is 12.2. The van der Waals surface area contributed by atoms with Gasteiger partial charge in [-0.2, -0.15) is 0 Å². The number of halogens is 2. The molecule has 0 atom stereocenters. The van der Waals surface area contributed by atoms with E-state index in [1.165, 1.54) is 12.1 Å². The SMILES string of the molecule is Cc1ccc(C(=O)Nc2ccc(Br)c([N+](=O)[O-])c2)c(Br)c1. The first-order chi connectivity index (χ1) is 9.88. The molecule has 108 valence electrons. The van der Waals surface area contributed by atoms with Crippen molar-refractivity contribution in [1.82, 2.24) is 0 Å². The van der Waals surface area contributed by atoms with E-state index in [2.05, 4.69) is 37.2 Å². The number of nitrogens with one attached hydrogen (secondary N) is 1. The molecule has 0 saturated heterocycles. The maximum Gasteiger partial charge on any atom is 0.285 e. The summed E-state index contributed by atoms with van der Waals surface area (Å²) in [5.74, 6) is -0.335. The lowest BCUT2D eigenvalue weighted by Crippen LogP contribution is -2.12. The van der Waals surface area contributed by atoms with Gasteiger partial charge in [-0.15, -0.1) is 0 Å². The highest BCUT2D eigenvalue weighted by Gasteiger charge is 2.15. The lowest BCUT2D eigenvalue weighted by molar-refractivity contribution is -0.385. The number of nitro benzene ring substituents is 1. The Hall–Kier alpha value is -1.73. The molecule has 2 aromatic carbocycles. The minimum Gasteiger partial charge on any atom is -0.322 e. The second kappa shape index (κ2) is 6.36. The Bertz CT molecular complexity index is 732. The molecule has 0 aliphatic rings. The van der Waals surface area contributed by atoms with Crippen LogP contribution in [-0.4, -0.2) is 10.8 Å². The van der Waals surface area contributed by atoms with E-state index in [0.717, 1.165) is 5.56 Å². The largest absolute Gasteiger partial charge is 0.322 e. The molecule has 0 radical (unpaired) electrons. The number of amides is 1. The van der Waals surface area contributed by atoms with Crippen LogP contribution >= 0.6 is 31.9 Å². The fourth-order valence-corrected chi connectivity index (χ4v) is 2.80. The molecule has 2 aromatic rings. The molecular formula is C14H10Br2N2O3. The van der Waals surface area contributed by atoms with Crippen molar-refractivity contribution >= 4 is 49.1 Å². The molecule has 21 heavy (non-hydrogen) atoms. The van der Waals surface area contributed by atoms with Gasteiger partial charge in [0.2, 0.25) is 0 Å². The average molecular weight is 414 g/mol. The third kappa shape index (κ3) is 3.68. The van der Waals surface area contributed by atoms with Crippen LogP contribution in [0.3, 0.4) is 0 Å². The van der Waals surface area contributed by atoms with Crippen molar-refractivity contribution in [3.63, 3.8) is 0 Å². The van der Waals surface area contributed by atoms with Gasteiger partial charge >= 0.3 is 0 Å². The fourth-order valence-electron chi connectivity index (χ4n) is 1.73. The average Bonchev–Trinajstić information content (AvgIpc) is 2.40. The molecule has 0 bridgehead atoms. The number of anilines is 1. The maximum absolute atomic E-state index is 12.2. The van der Waals surface area contributed by atoms with E-state index in [9.17, 15) is 14.9 Å². The van der Waals surface area contributed by atoms with Crippen LogP contribution in [0.5, 0.6) is 0 Å². The summed E-state index contributed by atoms with van der Waals surface area (Å²) in [6.45, 7) is 1.92. The number of carbonyl (C=O) groups is 1. The molecule has 0 heterocycles. The van der Waals surface area contributed by atoms with Gasteiger partial charge in [0, 0.05) is 16.2 Å². The highest BCUT2D eigenvalue weighted by Crippen LogP contribution is 2.28. The monoisotopic (exact) mass is 412 g/mol. The molecule has 1 N–H and O–H groups in total. The summed E-state index contributed by atoms with van der Waals surface area (Å²) in [5.41, 5.74) is 1.75. The van der Waals surface area contributed by atoms with Crippen molar-refractivity contribution in [2.24, 2.45) is 0 Å². The number of nitrogens with zero attached hydrogens (tertiary/aromatic N) is 1. The van der Waals surface area contributed by atoms with Gasteiger partial charge in [0.15, 0.2) is 0 Å². The second-order valence-corrected chi connectivity index (χ2v) is 6.07. The molecule has 5 nitrogen and oxygen atoms in total. The van der Waals surface area contributed by atoms with Gasteiger partial charge in [-0.05, 0) is 68.6 Å². The van der Waals surface area contributed by atoms with Gasteiger partial charge in [-0.25, -0.2) is 0 Å². The molecule has 0 aliphatic carbocycles. The standard InChI is InChI=1S/C14H10Br2N2O3/c1-8-2-4-10(12(16)6-8)14(19)17-9-3-5-11(15)13(7-9)18(20)21/h2-7H,1H3,(H,17,19). The topological polar surface area (TPSA) is 72.2 Å². The van der Waals surface area contributed by atoms with Crippen molar-refractivity contribution in [1.29, 1.82) is 0 Å². The Morgan fingerprint density at radius 3 is 2.48 bits per heavy atom. The molecule has 0 spiro atoms. The van der Waals surface area contributed by atoms with Crippen LogP contribution in [0.25, 0.3) is 0 Å². The predicted molar refractivity (Wildman–Crippen MR) is 87.6 cm³/mol. The Kier molecular flexibility index (Phi) is 4.74. The molecular weight excluding hydrogens is 404 g/mol. The van der Waals surface area contributed by atoms with Gasteiger partial charge in [0.05, 0.1) is 15.0 Å². The van der Waals surface area contributed by atoms with Crippen molar-refractivity contribution in [3.05, 3.63) is 66.6 Å². The third-order valence-corrected chi connectivity index (χ3v) is 4.10. The highest BCUT2D eigenvalue weighted by atomic mass is 79.9. The van der Waals surface area contributed by atoms with Crippen molar-refractivity contribution in [2.45, 2.75) is 6.92 Å². The van der Waals surface area contributed by atoms with E-state index >= 15 is 0 Å². The number of rotatable bonds is 3. The molecule has 0 aliphatic heterocycles. The van der Waals surface area contributed by atoms with Gasteiger partial charge in [0.25, 0.3) is 11.6 Å². The summed E-state index contributed by atoms with van der Waals surface area (Å²) >= 11 is 6.43. The summed E-state index contributed by atoms with van der Waals surface area (Å²) < 4.78 is 1.04. The lowest BCUT2D eigenvalue weighted by Gasteiger charge is -2.08. The van der Waals surface area contributed by atoms with Crippen LogP contribution in [0, 0.1) is 17.0 Å². The number of hydrogen-bond donors (Lipinski definition) is 1. The predicted octanol–water partition coefficient (Wildman–Crippen LogP) is 4.68. The minimum atomic E-state index is -0.512. The van der Waals surface area contributed by atoms with Gasteiger partial charge in [-0.3, -0.25) is 14.9 Å². The van der Waals surface area contributed by atoms with Gasteiger partial charge < -0.3 is 5.32 Å². The van der Waals surface area contributed by atoms with Crippen LogP contribution in [0.1, 0.15) is 15.9 Å². The summed E-state index contributed by atoms with van der Waals surface area (Å²) in [6.07, 6.45) is 0. The molecule has 1 amide bonds. The highest BCUT2D eigenvalue weighted by molar-refractivity contribution is 9.10. The molecule has 0 unspecified atom stereocenters. The van der Waals surface area contributed by atoms with Crippen LogP contribution in [0.15, 0.2) is 45.3 Å². The summed E-state index contributed by atoms with van der Waals surface area (Å²) in [6, 6.07) is 9.78. The van der Waals surface area contributed by atoms with E-state index < -0.39 is 4.92 Å². The van der Waals surface area contributed by atoms with Crippen molar-refractivity contribution in [3.8, 4) is 0 Å². The fraction of sp³-hybridized carbons (Fsp3) is 0.0714. The molecule has 7 heteroatoms. The third-order valence-electron chi connectivity index (χ3n) is 2.77. The molecule has 2 rings (SSSR count). The number of carbonyl (C=O) groups excluding carboxylic acids is 1. The van der Waals surface area contributed by atoms with Crippen molar-refractivity contribution < 1.29 is 9.72 Å². The smallest absolute Gasteiger partial charge is 0.285 e. The van der Waals surface area contributed by atoms with E-state index in [4.69, 9.17) is 0 Å². The van der Waals surface area contributed by atoms with E-state index in [0.29, 0.717) is 20.2 Å². The van der Waals surface area contributed by atoms with Crippen LogP contribution in [0.4, 0.5) is 11.4 Å². The molecule has 0 aromatic heterocycles. The second-order valence-electron chi connectivity index (χ2n) is 4.36. The number of hydrogen-bond acceptors (Lipinski definition) is 3. The Labute approximate surface area is 137 Å². The van der Waals surface area contributed by atoms with Crippen molar-refractivity contribution in [2.75, 3.05) is 5.32 Å². The molecule has 0 saturated carbocycles. The normalized spacial score (nSPS) is 10.2. The molecule has 0 fully saturated rings. The zero-order chi connectivity index (χ0) is 15.6. The first-order valence-electron chi connectivity index (χ1n) is 5.90.